The van der Waals surface area contributed by atoms with Gasteiger partial charge in [-0.1, -0.05) is 29.2 Å². The molecule has 1 saturated carbocycles. The van der Waals surface area contributed by atoms with E-state index < -0.39 is 18.0 Å². The van der Waals surface area contributed by atoms with E-state index in [1.807, 2.05) is 0 Å². The topological polar surface area (TPSA) is 47.9 Å². The maximum absolute atomic E-state index is 10.2. The number of aliphatic hydroxyl groups excluding tert-OH is 1. The molecule has 0 aromatic rings. The van der Waals surface area contributed by atoms with Gasteiger partial charge in [0.1, 0.15) is 5.60 Å². The van der Waals surface area contributed by atoms with Gasteiger partial charge in [-0.05, 0) is 17.9 Å². The Kier molecular flexibility index (Phi) is 2.60. The SMILES string of the molecule is C=C1C2OC(OC)C3C1C[C@@H](O)C3(CI)O2. The first-order valence-electron chi connectivity index (χ1n) is 5.43. The van der Waals surface area contributed by atoms with Crippen molar-refractivity contribution in [3.05, 3.63) is 12.2 Å². The van der Waals surface area contributed by atoms with Crippen LogP contribution in [0.15, 0.2) is 12.2 Å². The molecule has 5 heteroatoms. The first-order valence-corrected chi connectivity index (χ1v) is 6.95. The normalized spacial score (nSPS) is 54.7. The molecule has 0 amide bonds. The van der Waals surface area contributed by atoms with Crippen LogP contribution in [0, 0.1) is 11.8 Å². The van der Waals surface area contributed by atoms with Crippen LogP contribution < -0.4 is 0 Å². The Morgan fingerprint density at radius 1 is 1.69 bits per heavy atom. The molecular formula is C11H15IO4. The zero-order valence-corrected chi connectivity index (χ0v) is 11.2. The van der Waals surface area contributed by atoms with Crippen LogP contribution in [0.1, 0.15) is 6.42 Å². The van der Waals surface area contributed by atoms with E-state index in [9.17, 15) is 5.11 Å². The third-order valence-corrected chi connectivity index (χ3v) is 5.33. The van der Waals surface area contributed by atoms with Crippen molar-refractivity contribution in [1.29, 1.82) is 0 Å². The number of hydrogen-bond acceptors (Lipinski definition) is 4. The molecule has 4 nitrogen and oxygen atoms in total. The highest BCUT2D eigenvalue weighted by Gasteiger charge is 2.67. The molecule has 3 heterocycles. The number of ether oxygens (including phenoxy) is 3. The van der Waals surface area contributed by atoms with Crippen LogP contribution in [0.2, 0.25) is 0 Å². The molecule has 4 fully saturated rings. The van der Waals surface area contributed by atoms with Crippen molar-refractivity contribution in [2.24, 2.45) is 11.8 Å². The van der Waals surface area contributed by atoms with Crippen molar-refractivity contribution in [1.82, 2.24) is 0 Å². The standard InChI is InChI=1S/C11H15IO4/c1-5-6-3-7(13)11(4-12)8(6)10(14-2)15-9(5)16-11/h6-10,13H,1,3-4H2,2H3/t6?,7-,8?,9?,10?,11?/m1/s1. The molecular weight excluding hydrogens is 323 g/mol. The Balaban J connectivity index is 2.05. The molecule has 0 radical (unpaired) electrons. The van der Waals surface area contributed by atoms with Crippen LogP contribution in [-0.2, 0) is 14.2 Å². The van der Waals surface area contributed by atoms with E-state index in [0.717, 1.165) is 10.0 Å². The summed E-state index contributed by atoms with van der Waals surface area (Å²) in [4.78, 5) is 0. The Morgan fingerprint density at radius 2 is 2.44 bits per heavy atom. The smallest absolute Gasteiger partial charge is 0.183 e. The summed E-state index contributed by atoms with van der Waals surface area (Å²) in [5.74, 6) is 0.337. The fourth-order valence-corrected chi connectivity index (χ4v) is 4.49. The average molecular weight is 338 g/mol. The number of aliphatic hydroxyl groups is 1. The molecule has 3 aliphatic heterocycles. The summed E-state index contributed by atoms with van der Waals surface area (Å²) < 4.78 is 17.7. The van der Waals surface area contributed by atoms with Gasteiger partial charge < -0.3 is 19.3 Å². The highest BCUT2D eigenvalue weighted by atomic mass is 127. The minimum Gasteiger partial charge on any atom is -0.390 e. The van der Waals surface area contributed by atoms with E-state index in [1.165, 1.54) is 0 Å². The zero-order valence-electron chi connectivity index (χ0n) is 9.06. The number of rotatable bonds is 2. The fourth-order valence-electron chi connectivity index (χ4n) is 3.29. The second kappa shape index (κ2) is 3.65. The van der Waals surface area contributed by atoms with E-state index >= 15 is 0 Å². The molecule has 4 aliphatic rings. The van der Waals surface area contributed by atoms with Crippen molar-refractivity contribution in [2.45, 2.75) is 30.7 Å². The Labute approximate surface area is 108 Å². The fraction of sp³-hybridized carbons (Fsp3) is 0.818. The van der Waals surface area contributed by atoms with Crippen LogP contribution in [0.3, 0.4) is 0 Å². The van der Waals surface area contributed by atoms with Gasteiger partial charge in [0.15, 0.2) is 12.6 Å². The second-order valence-electron chi connectivity index (χ2n) is 4.74. The molecule has 0 spiro atoms. The lowest BCUT2D eigenvalue weighted by molar-refractivity contribution is -0.367. The number of hydrogen-bond donors (Lipinski definition) is 1. The summed E-state index contributed by atoms with van der Waals surface area (Å²) in [5.41, 5.74) is 0.450. The number of methoxy groups -OCH3 is 1. The largest absolute Gasteiger partial charge is 0.390 e. The summed E-state index contributed by atoms with van der Waals surface area (Å²) in [5, 5.41) is 10.2. The van der Waals surface area contributed by atoms with Crippen molar-refractivity contribution in [3.8, 4) is 0 Å². The van der Waals surface area contributed by atoms with E-state index in [4.69, 9.17) is 14.2 Å². The van der Waals surface area contributed by atoms with Crippen LogP contribution >= 0.6 is 22.6 Å². The number of alkyl halides is 1. The summed E-state index contributed by atoms with van der Waals surface area (Å²) in [6.45, 7) is 4.03. The minimum atomic E-state index is -0.504. The summed E-state index contributed by atoms with van der Waals surface area (Å²) in [6, 6.07) is 0. The Morgan fingerprint density at radius 3 is 3.06 bits per heavy atom. The Bertz CT molecular complexity index is 334. The first kappa shape index (κ1) is 11.4. The van der Waals surface area contributed by atoms with Gasteiger partial charge in [-0.15, -0.1) is 0 Å². The molecule has 0 aromatic carbocycles. The predicted molar refractivity (Wildman–Crippen MR) is 65.1 cm³/mol. The van der Waals surface area contributed by atoms with E-state index in [1.54, 1.807) is 7.11 Å². The van der Waals surface area contributed by atoms with Gasteiger partial charge in [0.05, 0.1) is 6.10 Å². The van der Waals surface area contributed by atoms with Crippen LogP contribution in [-0.4, -0.2) is 40.9 Å². The zero-order chi connectivity index (χ0) is 11.5. The van der Waals surface area contributed by atoms with Gasteiger partial charge in [0, 0.05) is 17.5 Å². The quantitative estimate of drug-likeness (QED) is 0.465. The summed E-state index contributed by atoms with van der Waals surface area (Å²) in [7, 11) is 1.64. The first-order chi connectivity index (χ1) is 7.64. The van der Waals surface area contributed by atoms with Gasteiger partial charge in [-0.25, -0.2) is 0 Å². The van der Waals surface area contributed by atoms with Gasteiger partial charge in [0.2, 0.25) is 0 Å². The molecule has 3 saturated heterocycles. The molecule has 4 bridgehead atoms. The summed E-state index contributed by atoms with van der Waals surface area (Å²) in [6.07, 6.45) is -0.414. The highest BCUT2D eigenvalue weighted by Crippen LogP contribution is 2.58. The van der Waals surface area contributed by atoms with E-state index in [2.05, 4.69) is 29.2 Å². The molecule has 1 N–H and O–H groups in total. The van der Waals surface area contributed by atoms with Gasteiger partial charge in [-0.3, -0.25) is 0 Å². The van der Waals surface area contributed by atoms with Gasteiger partial charge in [0.25, 0.3) is 0 Å². The monoisotopic (exact) mass is 338 g/mol. The maximum atomic E-state index is 10.2. The van der Waals surface area contributed by atoms with Gasteiger partial charge >= 0.3 is 0 Å². The van der Waals surface area contributed by atoms with Crippen molar-refractivity contribution < 1.29 is 19.3 Å². The average Bonchev–Trinajstić information content (AvgIpc) is 2.57. The maximum Gasteiger partial charge on any atom is 0.183 e. The van der Waals surface area contributed by atoms with Crippen LogP contribution in [0.5, 0.6) is 0 Å². The molecule has 5 unspecified atom stereocenters. The molecule has 16 heavy (non-hydrogen) atoms. The third-order valence-electron chi connectivity index (χ3n) is 4.14. The van der Waals surface area contributed by atoms with Gasteiger partial charge in [-0.2, -0.15) is 0 Å². The number of fused-ring (bicyclic) bond motifs is 1. The van der Waals surface area contributed by atoms with Crippen molar-refractivity contribution in [2.75, 3.05) is 11.5 Å². The minimum absolute atomic E-state index is 0.0712. The second-order valence-corrected chi connectivity index (χ2v) is 5.50. The lowest BCUT2D eigenvalue weighted by Gasteiger charge is -2.53. The summed E-state index contributed by atoms with van der Waals surface area (Å²) >= 11 is 2.27. The lowest BCUT2D eigenvalue weighted by atomic mass is 9.77. The molecule has 1 aliphatic carbocycles. The van der Waals surface area contributed by atoms with Crippen molar-refractivity contribution in [3.63, 3.8) is 0 Å². The molecule has 6 atom stereocenters. The van der Waals surface area contributed by atoms with Crippen LogP contribution in [0.4, 0.5) is 0 Å². The predicted octanol–water partition coefficient (Wildman–Crippen LogP) is 1.07. The number of halogens is 1. The van der Waals surface area contributed by atoms with Crippen molar-refractivity contribution >= 4 is 22.6 Å². The molecule has 90 valence electrons. The molecule has 0 aromatic heterocycles. The lowest BCUT2D eigenvalue weighted by Crippen LogP contribution is -2.63. The molecule has 4 rings (SSSR count). The van der Waals surface area contributed by atoms with E-state index in [0.29, 0.717) is 6.42 Å². The third kappa shape index (κ3) is 1.18. The van der Waals surface area contributed by atoms with Crippen LogP contribution in [0.25, 0.3) is 0 Å². The van der Waals surface area contributed by atoms with E-state index in [-0.39, 0.29) is 18.1 Å². The Hall–Kier alpha value is 0.310. The highest BCUT2D eigenvalue weighted by molar-refractivity contribution is 14.1.